The number of hydrogen-bond acceptors (Lipinski definition) is 4. The average molecular weight is 233 g/mol. The van der Waals surface area contributed by atoms with Crippen molar-refractivity contribution >= 4 is 22.7 Å². The van der Waals surface area contributed by atoms with Crippen LogP contribution in [-0.4, -0.2) is 16.6 Å². The minimum absolute atomic E-state index is 0.235. The summed E-state index contributed by atoms with van der Waals surface area (Å²) in [4.78, 5) is 36.5. The van der Waals surface area contributed by atoms with Gasteiger partial charge in [-0.15, -0.1) is 0 Å². The van der Waals surface area contributed by atoms with Gasteiger partial charge in [-0.2, -0.15) is 0 Å². The molecule has 0 fully saturated rings. The van der Waals surface area contributed by atoms with Crippen LogP contribution in [0.5, 0.6) is 0 Å². The van der Waals surface area contributed by atoms with Crippen molar-refractivity contribution in [2.75, 3.05) is 0 Å². The number of hydrogen-bond donors (Lipinski definition) is 1. The lowest BCUT2D eigenvalue weighted by atomic mass is 10.0. The molecule has 5 nitrogen and oxygen atoms in total. The van der Waals surface area contributed by atoms with Gasteiger partial charge >= 0.3 is 5.76 Å². The van der Waals surface area contributed by atoms with Crippen molar-refractivity contribution in [1.29, 1.82) is 0 Å². The average Bonchev–Trinajstić information content (AvgIpc) is 2.67. The fourth-order valence-electron chi connectivity index (χ4n) is 1.59. The summed E-state index contributed by atoms with van der Waals surface area (Å²) in [6, 6.07) is 4.44. The standard InChI is InChI=1S/C12H11NO4/c1-2-3-9(14)11(15)7-4-5-10-8(6-7)13-12(16)17-10/h4-6H,2-3H2,1H3,(H,13,16). The van der Waals surface area contributed by atoms with Gasteiger partial charge in [0.2, 0.25) is 11.6 Å². The zero-order valence-electron chi connectivity index (χ0n) is 9.28. The number of H-pyrrole nitrogens is 1. The highest BCUT2D eigenvalue weighted by Crippen LogP contribution is 2.13. The van der Waals surface area contributed by atoms with Gasteiger partial charge in [-0.1, -0.05) is 6.92 Å². The van der Waals surface area contributed by atoms with Crippen molar-refractivity contribution in [3.8, 4) is 0 Å². The summed E-state index contributed by atoms with van der Waals surface area (Å²) >= 11 is 0. The predicted molar refractivity (Wildman–Crippen MR) is 61.1 cm³/mol. The van der Waals surface area contributed by atoms with E-state index in [0.29, 0.717) is 17.5 Å². The quantitative estimate of drug-likeness (QED) is 0.643. The first-order chi connectivity index (χ1) is 8.11. The topological polar surface area (TPSA) is 80.1 Å². The van der Waals surface area contributed by atoms with Crippen LogP contribution in [0.15, 0.2) is 27.4 Å². The first-order valence-electron chi connectivity index (χ1n) is 5.32. The molecule has 0 bridgehead atoms. The zero-order valence-corrected chi connectivity index (χ0v) is 9.28. The second-order valence-electron chi connectivity index (χ2n) is 3.73. The van der Waals surface area contributed by atoms with E-state index in [4.69, 9.17) is 4.42 Å². The van der Waals surface area contributed by atoms with Gasteiger partial charge in [0.25, 0.3) is 0 Å². The third kappa shape index (κ3) is 2.18. The molecule has 0 unspecified atom stereocenters. The van der Waals surface area contributed by atoms with Crippen LogP contribution >= 0.6 is 0 Å². The van der Waals surface area contributed by atoms with Gasteiger partial charge < -0.3 is 4.42 Å². The molecule has 0 saturated heterocycles. The summed E-state index contributed by atoms with van der Waals surface area (Å²) in [6.45, 7) is 1.84. The Morgan fingerprint density at radius 2 is 2.12 bits per heavy atom. The Morgan fingerprint density at radius 1 is 1.35 bits per heavy atom. The second kappa shape index (κ2) is 4.37. The molecule has 2 aromatic rings. The lowest BCUT2D eigenvalue weighted by Crippen LogP contribution is -2.13. The lowest BCUT2D eigenvalue weighted by Gasteiger charge is -1.98. The molecule has 1 aromatic carbocycles. The van der Waals surface area contributed by atoms with Crippen molar-refractivity contribution in [1.82, 2.24) is 4.98 Å². The summed E-state index contributed by atoms with van der Waals surface area (Å²) in [7, 11) is 0. The normalized spacial score (nSPS) is 10.6. The van der Waals surface area contributed by atoms with Crippen molar-refractivity contribution < 1.29 is 14.0 Å². The van der Waals surface area contributed by atoms with Crippen LogP contribution in [-0.2, 0) is 4.79 Å². The van der Waals surface area contributed by atoms with Crippen LogP contribution in [0.4, 0.5) is 0 Å². The van der Waals surface area contributed by atoms with Crippen LogP contribution in [0.1, 0.15) is 30.1 Å². The zero-order chi connectivity index (χ0) is 12.4. The highest BCUT2D eigenvalue weighted by atomic mass is 16.4. The van der Waals surface area contributed by atoms with Gasteiger partial charge in [-0.05, 0) is 24.6 Å². The van der Waals surface area contributed by atoms with Gasteiger partial charge in [0.15, 0.2) is 5.58 Å². The molecule has 0 spiro atoms. The van der Waals surface area contributed by atoms with Gasteiger partial charge in [0.1, 0.15) is 0 Å². The molecular weight excluding hydrogens is 222 g/mol. The van der Waals surface area contributed by atoms with Crippen molar-refractivity contribution in [2.45, 2.75) is 19.8 Å². The van der Waals surface area contributed by atoms with Gasteiger partial charge in [-0.3, -0.25) is 14.6 Å². The maximum atomic E-state index is 11.7. The maximum absolute atomic E-state index is 11.7. The summed E-state index contributed by atoms with van der Waals surface area (Å²) in [5.41, 5.74) is 1.06. The molecule has 1 N–H and O–H groups in total. The highest BCUT2D eigenvalue weighted by molar-refractivity contribution is 6.43. The van der Waals surface area contributed by atoms with Crippen LogP contribution in [0.2, 0.25) is 0 Å². The minimum atomic E-state index is -0.579. The van der Waals surface area contributed by atoms with E-state index in [2.05, 4.69) is 4.98 Å². The van der Waals surface area contributed by atoms with Crippen LogP contribution in [0.3, 0.4) is 0 Å². The molecule has 5 heteroatoms. The third-order valence-corrected chi connectivity index (χ3v) is 2.41. The Morgan fingerprint density at radius 3 is 2.82 bits per heavy atom. The van der Waals surface area contributed by atoms with Crippen molar-refractivity contribution in [2.24, 2.45) is 0 Å². The maximum Gasteiger partial charge on any atom is 0.417 e. The number of aromatic amines is 1. The summed E-state index contributed by atoms with van der Waals surface area (Å²) < 4.78 is 4.80. The van der Waals surface area contributed by atoms with E-state index in [1.807, 2.05) is 6.92 Å². The molecular formula is C12H11NO4. The molecule has 0 aliphatic heterocycles. The first kappa shape index (κ1) is 11.3. The summed E-state index contributed by atoms with van der Waals surface area (Å²) in [6.07, 6.45) is 0.869. The van der Waals surface area contributed by atoms with E-state index in [1.54, 1.807) is 0 Å². The van der Waals surface area contributed by atoms with E-state index >= 15 is 0 Å². The molecule has 1 aromatic heterocycles. The van der Waals surface area contributed by atoms with Gasteiger partial charge in [-0.25, -0.2) is 4.79 Å². The van der Waals surface area contributed by atoms with E-state index in [-0.39, 0.29) is 12.0 Å². The molecule has 0 aliphatic rings. The second-order valence-corrected chi connectivity index (χ2v) is 3.73. The summed E-state index contributed by atoms with van der Waals surface area (Å²) in [5, 5.41) is 0. The number of oxazole rings is 1. The van der Waals surface area contributed by atoms with Crippen LogP contribution in [0.25, 0.3) is 11.1 Å². The third-order valence-electron chi connectivity index (χ3n) is 2.41. The number of nitrogens with one attached hydrogen (secondary N) is 1. The molecule has 0 aliphatic carbocycles. The van der Waals surface area contributed by atoms with Gasteiger partial charge in [0, 0.05) is 12.0 Å². The molecule has 0 amide bonds. The highest BCUT2D eigenvalue weighted by Gasteiger charge is 2.16. The molecule has 88 valence electrons. The molecule has 2 rings (SSSR count). The number of carbonyl (C=O) groups is 2. The van der Waals surface area contributed by atoms with Crippen molar-refractivity contribution in [3.63, 3.8) is 0 Å². The van der Waals surface area contributed by atoms with Crippen LogP contribution in [0, 0.1) is 0 Å². The predicted octanol–water partition coefficient (Wildman–Crippen LogP) is 1.67. The lowest BCUT2D eigenvalue weighted by molar-refractivity contribution is -0.115. The minimum Gasteiger partial charge on any atom is -0.408 e. The molecule has 0 radical (unpaired) electrons. The Hall–Kier alpha value is -2.17. The first-order valence-corrected chi connectivity index (χ1v) is 5.32. The Bertz CT molecular complexity index is 635. The molecule has 0 saturated carbocycles. The number of carbonyl (C=O) groups excluding carboxylic acids is 2. The number of aromatic nitrogens is 1. The van der Waals surface area contributed by atoms with E-state index in [1.165, 1.54) is 18.2 Å². The molecule has 1 heterocycles. The Labute approximate surface area is 96.4 Å². The smallest absolute Gasteiger partial charge is 0.408 e. The molecule has 0 atom stereocenters. The van der Waals surface area contributed by atoms with Gasteiger partial charge in [0.05, 0.1) is 5.52 Å². The van der Waals surface area contributed by atoms with Crippen LogP contribution < -0.4 is 5.76 Å². The van der Waals surface area contributed by atoms with Crippen molar-refractivity contribution in [3.05, 3.63) is 34.3 Å². The Balaban J connectivity index is 2.39. The monoisotopic (exact) mass is 233 g/mol. The number of Topliss-reactive ketones (excluding diaryl/α,β-unsaturated/α-hetero) is 2. The SMILES string of the molecule is CCCC(=O)C(=O)c1ccc2oc(=O)[nH]c2c1. The fraction of sp³-hybridized carbons (Fsp3) is 0.250. The summed E-state index contributed by atoms with van der Waals surface area (Å²) in [5.74, 6) is -1.53. The fourth-order valence-corrected chi connectivity index (χ4v) is 1.59. The van der Waals surface area contributed by atoms with E-state index < -0.39 is 17.3 Å². The Kier molecular flexibility index (Phi) is 2.91. The van der Waals surface area contributed by atoms with E-state index in [0.717, 1.165) is 0 Å². The molecule has 17 heavy (non-hydrogen) atoms. The number of ketones is 2. The van der Waals surface area contributed by atoms with E-state index in [9.17, 15) is 14.4 Å². The number of rotatable bonds is 4. The number of fused-ring (bicyclic) bond motifs is 1. The number of benzene rings is 1. The largest absolute Gasteiger partial charge is 0.417 e.